The molecule has 0 amide bonds. The summed E-state index contributed by atoms with van der Waals surface area (Å²) in [6, 6.07) is 8.11. The van der Waals surface area contributed by atoms with Crippen molar-refractivity contribution in [2.45, 2.75) is 45.2 Å². The highest BCUT2D eigenvalue weighted by Crippen LogP contribution is 2.40. The SMILES string of the molecule is CC1CCC(C)C(CN)(N(C)Cc2ccccc2Cl)C1. The number of nitrogens with zero attached hydrogens (tertiary/aromatic N) is 1. The maximum absolute atomic E-state index is 6.30. The van der Waals surface area contributed by atoms with Crippen LogP contribution in [-0.2, 0) is 6.54 Å². The van der Waals surface area contributed by atoms with Gasteiger partial charge in [0.05, 0.1) is 0 Å². The minimum Gasteiger partial charge on any atom is -0.329 e. The summed E-state index contributed by atoms with van der Waals surface area (Å²) in [6.07, 6.45) is 3.78. The molecular formula is C17H27ClN2. The van der Waals surface area contributed by atoms with E-state index in [2.05, 4.69) is 37.9 Å². The van der Waals surface area contributed by atoms with E-state index in [4.69, 9.17) is 17.3 Å². The first-order valence-electron chi connectivity index (χ1n) is 7.64. The Morgan fingerprint density at radius 1 is 1.30 bits per heavy atom. The monoisotopic (exact) mass is 294 g/mol. The summed E-state index contributed by atoms with van der Waals surface area (Å²) < 4.78 is 0. The molecule has 3 unspecified atom stereocenters. The van der Waals surface area contributed by atoms with Gasteiger partial charge in [0, 0.05) is 23.7 Å². The Kier molecular flexibility index (Phi) is 5.11. The Morgan fingerprint density at radius 3 is 2.65 bits per heavy atom. The molecule has 1 aliphatic rings. The Hall–Kier alpha value is -0.570. The highest BCUT2D eigenvalue weighted by Gasteiger charge is 2.42. The van der Waals surface area contributed by atoms with E-state index in [-0.39, 0.29) is 5.54 Å². The van der Waals surface area contributed by atoms with Crippen LogP contribution in [0.15, 0.2) is 24.3 Å². The molecule has 1 aromatic carbocycles. The van der Waals surface area contributed by atoms with Crippen molar-refractivity contribution < 1.29 is 0 Å². The molecule has 3 atom stereocenters. The molecular weight excluding hydrogens is 268 g/mol. The Morgan fingerprint density at radius 2 is 2.00 bits per heavy atom. The van der Waals surface area contributed by atoms with Gasteiger partial charge in [0.2, 0.25) is 0 Å². The highest BCUT2D eigenvalue weighted by atomic mass is 35.5. The molecule has 3 heteroatoms. The van der Waals surface area contributed by atoms with Crippen LogP contribution in [0.4, 0.5) is 0 Å². The number of nitrogens with two attached hydrogens (primary N) is 1. The third-order valence-corrected chi connectivity index (χ3v) is 5.56. The lowest BCUT2D eigenvalue weighted by molar-refractivity contribution is 0.00906. The lowest BCUT2D eigenvalue weighted by atomic mass is 9.68. The van der Waals surface area contributed by atoms with Crippen molar-refractivity contribution >= 4 is 11.6 Å². The van der Waals surface area contributed by atoms with Gasteiger partial charge in [0.25, 0.3) is 0 Å². The summed E-state index contributed by atoms with van der Waals surface area (Å²) in [6.45, 7) is 6.29. The summed E-state index contributed by atoms with van der Waals surface area (Å²) >= 11 is 6.30. The lowest BCUT2D eigenvalue weighted by Crippen LogP contribution is -2.58. The maximum Gasteiger partial charge on any atom is 0.0451 e. The van der Waals surface area contributed by atoms with Crippen LogP contribution in [0.1, 0.15) is 38.7 Å². The fourth-order valence-electron chi connectivity index (χ4n) is 3.72. The molecule has 0 spiro atoms. The van der Waals surface area contributed by atoms with Crippen molar-refractivity contribution in [2.75, 3.05) is 13.6 Å². The molecule has 0 heterocycles. The predicted octanol–water partition coefficient (Wildman–Crippen LogP) is 3.93. The first-order chi connectivity index (χ1) is 9.49. The van der Waals surface area contributed by atoms with Gasteiger partial charge in [-0.2, -0.15) is 0 Å². The Balaban J connectivity index is 2.20. The zero-order chi connectivity index (χ0) is 14.8. The van der Waals surface area contributed by atoms with Gasteiger partial charge in [0.15, 0.2) is 0 Å². The smallest absolute Gasteiger partial charge is 0.0451 e. The maximum atomic E-state index is 6.30. The van der Waals surface area contributed by atoms with E-state index < -0.39 is 0 Å². The topological polar surface area (TPSA) is 29.3 Å². The van der Waals surface area contributed by atoms with Gasteiger partial charge >= 0.3 is 0 Å². The molecule has 2 N–H and O–H groups in total. The summed E-state index contributed by atoms with van der Waals surface area (Å²) in [4.78, 5) is 2.44. The summed E-state index contributed by atoms with van der Waals surface area (Å²) in [5.74, 6) is 1.39. The molecule has 2 rings (SSSR count). The Bertz CT molecular complexity index is 448. The van der Waals surface area contributed by atoms with Gasteiger partial charge in [0.1, 0.15) is 0 Å². The average Bonchev–Trinajstić information content (AvgIpc) is 2.44. The molecule has 0 radical (unpaired) electrons. The number of halogens is 1. The molecule has 1 aliphatic carbocycles. The van der Waals surface area contributed by atoms with Crippen molar-refractivity contribution in [1.82, 2.24) is 4.90 Å². The van der Waals surface area contributed by atoms with Crippen LogP contribution in [0, 0.1) is 11.8 Å². The molecule has 1 fully saturated rings. The van der Waals surface area contributed by atoms with Crippen molar-refractivity contribution in [3.05, 3.63) is 34.9 Å². The van der Waals surface area contributed by atoms with Crippen LogP contribution in [-0.4, -0.2) is 24.0 Å². The number of benzene rings is 1. The normalized spacial score (nSPS) is 30.7. The summed E-state index contributed by atoms with van der Waals surface area (Å²) in [5, 5.41) is 0.850. The van der Waals surface area contributed by atoms with Crippen LogP contribution in [0.2, 0.25) is 5.02 Å². The standard InChI is InChI=1S/C17H27ClN2/c1-13-8-9-14(2)17(10-13,12-19)20(3)11-15-6-4-5-7-16(15)18/h4-7,13-14H,8-12,19H2,1-3H3. The number of hydrogen-bond acceptors (Lipinski definition) is 2. The van der Waals surface area contributed by atoms with Gasteiger partial charge in [-0.1, -0.05) is 50.1 Å². The van der Waals surface area contributed by atoms with Crippen LogP contribution < -0.4 is 5.73 Å². The molecule has 0 aliphatic heterocycles. The first-order valence-corrected chi connectivity index (χ1v) is 8.02. The van der Waals surface area contributed by atoms with Gasteiger partial charge in [-0.25, -0.2) is 0 Å². The average molecular weight is 295 g/mol. The third kappa shape index (κ3) is 3.03. The molecule has 20 heavy (non-hydrogen) atoms. The predicted molar refractivity (Wildman–Crippen MR) is 86.9 cm³/mol. The number of rotatable bonds is 4. The fourth-order valence-corrected chi connectivity index (χ4v) is 3.92. The summed E-state index contributed by atoms with van der Waals surface area (Å²) in [7, 11) is 2.20. The summed E-state index contributed by atoms with van der Waals surface area (Å²) in [5.41, 5.74) is 7.51. The zero-order valence-corrected chi connectivity index (χ0v) is 13.7. The molecule has 0 saturated heterocycles. The zero-order valence-electron chi connectivity index (χ0n) is 12.9. The Labute approximate surface area is 128 Å². The van der Waals surface area contributed by atoms with Gasteiger partial charge in [-0.3, -0.25) is 4.90 Å². The van der Waals surface area contributed by atoms with E-state index in [0.29, 0.717) is 5.92 Å². The van der Waals surface area contributed by atoms with E-state index in [1.165, 1.54) is 24.8 Å². The third-order valence-electron chi connectivity index (χ3n) is 5.19. The fraction of sp³-hybridized carbons (Fsp3) is 0.647. The van der Waals surface area contributed by atoms with E-state index in [1.54, 1.807) is 0 Å². The highest BCUT2D eigenvalue weighted by molar-refractivity contribution is 6.31. The van der Waals surface area contributed by atoms with Crippen LogP contribution in [0.5, 0.6) is 0 Å². The molecule has 0 aromatic heterocycles. The first kappa shape index (κ1) is 15.8. The van der Waals surface area contributed by atoms with E-state index >= 15 is 0 Å². The van der Waals surface area contributed by atoms with E-state index in [9.17, 15) is 0 Å². The second-order valence-electron chi connectivity index (χ2n) is 6.54. The number of likely N-dealkylation sites (N-methyl/N-ethyl adjacent to an activating group) is 1. The molecule has 112 valence electrons. The van der Waals surface area contributed by atoms with Crippen LogP contribution in [0.3, 0.4) is 0 Å². The van der Waals surface area contributed by atoms with Gasteiger partial charge in [-0.15, -0.1) is 0 Å². The van der Waals surface area contributed by atoms with Crippen LogP contribution in [0.25, 0.3) is 0 Å². The quantitative estimate of drug-likeness (QED) is 0.912. The second kappa shape index (κ2) is 6.46. The van der Waals surface area contributed by atoms with Crippen molar-refractivity contribution in [2.24, 2.45) is 17.6 Å². The van der Waals surface area contributed by atoms with Gasteiger partial charge in [-0.05, 0) is 43.4 Å². The minimum atomic E-state index is 0.108. The minimum absolute atomic E-state index is 0.108. The largest absolute Gasteiger partial charge is 0.329 e. The molecule has 0 bridgehead atoms. The van der Waals surface area contributed by atoms with Gasteiger partial charge < -0.3 is 5.73 Å². The lowest BCUT2D eigenvalue weighted by Gasteiger charge is -2.50. The molecule has 1 saturated carbocycles. The molecule has 2 nitrogen and oxygen atoms in total. The van der Waals surface area contributed by atoms with Crippen molar-refractivity contribution in [3.8, 4) is 0 Å². The molecule has 1 aromatic rings. The number of hydrogen-bond donors (Lipinski definition) is 1. The van der Waals surface area contributed by atoms with E-state index in [1.807, 2.05) is 12.1 Å². The van der Waals surface area contributed by atoms with Crippen molar-refractivity contribution in [1.29, 1.82) is 0 Å². The van der Waals surface area contributed by atoms with E-state index in [0.717, 1.165) is 24.0 Å². The van der Waals surface area contributed by atoms with Crippen LogP contribution >= 0.6 is 11.6 Å². The second-order valence-corrected chi connectivity index (χ2v) is 6.95. The van der Waals surface area contributed by atoms with Crippen molar-refractivity contribution in [3.63, 3.8) is 0 Å².